The number of hydrogen-bond donors (Lipinski definition) is 2. The van der Waals surface area contributed by atoms with E-state index in [2.05, 4.69) is 15.1 Å². The van der Waals surface area contributed by atoms with Gasteiger partial charge in [-0.2, -0.15) is 9.82 Å². The van der Waals surface area contributed by atoms with Crippen LogP contribution in [0.2, 0.25) is 0 Å². The standard InChI is InChI=1S/C10H16N4O3S/c1-14-7-8(6-12-14)18(16,17)13-9-4-2-3-5-11-10(9)15/h6-7,9,13H,2-5H2,1H3,(H,11,15)/t9-/m0/s1. The van der Waals surface area contributed by atoms with Crippen LogP contribution in [0.1, 0.15) is 19.3 Å². The maximum absolute atomic E-state index is 12.0. The van der Waals surface area contributed by atoms with Crippen molar-refractivity contribution >= 4 is 15.9 Å². The third-order valence-corrected chi connectivity index (χ3v) is 4.25. The fraction of sp³-hybridized carbons (Fsp3) is 0.600. The van der Waals surface area contributed by atoms with Crippen LogP contribution in [0.4, 0.5) is 0 Å². The molecular weight excluding hydrogens is 256 g/mol. The predicted molar refractivity (Wildman–Crippen MR) is 64.2 cm³/mol. The number of hydrogen-bond acceptors (Lipinski definition) is 4. The van der Waals surface area contributed by atoms with Crippen LogP contribution in [-0.4, -0.2) is 36.7 Å². The Morgan fingerprint density at radius 3 is 2.94 bits per heavy atom. The third kappa shape index (κ3) is 2.88. The number of carbonyl (C=O) groups is 1. The van der Waals surface area contributed by atoms with Gasteiger partial charge in [-0.15, -0.1) is 0 Å². The zero-order chi connectivity index (χ0) is 13.2. The van der Waals surface area contributed by atoms with Crippen LogP contribution >= 0.6 is 0 Å². The predicted octanol–water partition coefficient (Wildman–Crippen LogP) is -0.633. The Kier molecular flexibility index (Phi) is 3.67. The smallest absolute Gasteiger partial charge is 0.244 e. The Labute approximate surface area is 106 Å². The zero-order valence-corrected chi connectivity index (χ0v) is 10.9. The van der Waals surface area contributed by atoms with Crippen LogP contribution in [0.5, 0.6) is 0 Å². The maximum atomic E-state index is 12.0. The zero-order valence-electron chi connectivity index (χ0n) is 10.1. The van der Waals surface area contributed by atoms with Gasteiger partial charge in [-0.05, 0) is 19.3 Å². The van der Waals surface area contributed by atoms with E-state index in [-0.39, 0.29) is 10.8 Å². The number of nitrogens with zero attached hydrogens (tertiary/aromatic N) is 2. The first-order chi connectivity index (χ1) is 8.49. The first kappa shape index (κ1) is 13.0. The SMILES string of the molecule is Cn1cc(S(=O)(=O)N[C@H]2CCCCNC2=O)cn1. The Morgan fingerprint density at radius 1 is 1.50 bits per heavy atom. The second-order valence-electron chi connectivity index (χ2n) is 4.31. The molecule has 1 aliphatic heterocycles. The fourth-order valence-corrected chi connectivity index (χ4v) is 3.06. The van der Waals surface area contributed by atoms with Gasteiger partial charge in [0.25, 0.3) is 0 Å². The summed E-state index contributed by atoms with van der Waals surface area (Å²) in [6.07, 6.45) is 4.87. The normalized spacial score (nSPS) is 21.4. The van der Waals surface area contributed by atoms with Gasteiger partial charge in [-0.1, -0.05) is 0 Å². The largest absolute Gasteiger partial charge is 0.355 e. The van der Waals surface area contributed by atoms with E-state index in [1.165, 1.54) is 17.1 Å². The van der Waals surface area contributed by atoms with Crippen molar-refractivity contribution in [2.24, 2.45) is 7.05 Å². The molecule has 0 aromatic carbocycles. The minimum atomic E-state index is -3.68. The van der Waals surface area contributed by atoms with Gasteiger partial charge in [0.05, 0.1) is 6.20 Å². The first-order valence-electron chi connectivity index (χ1n) is 5.78. The van der Waals surface area contributed by atoms with Crippen LogP contribution < -0.4 is 10.0 Å². The third-order valence-electron chi connectivity index (χ3n) is 2.82. The highest BCUT2D eigenvalue weighted by Crippen LogP contribution is 2.11. The highest BCUT2D eigenvalue weighted by atomic mass is 32.2. The van der Waals surface area contributed by atoms with Crippen molar-refractivity contribution in [1.29, 1.82) is 0 Å². The second kappa shape index (κ2) is 5.07. The molecule has 18 heavy (non-hydrogen) atoms. The molecule has 0 bridgehead atoms. The first-order valence-corrected chi connectivity index (χ1v) is 7.26. The molecule has 0 saturated carbocycles. The van der Waals surface area contributed by atoms with Crippen molar-refractivity contribution in [3.8, 4) is 0 Å². The molecule has 0 spiro atoms. The van der Waals surface area contributed by atoms with E-state index in [0.29, 0.717) is 13.0 Å². The summed E-state index contributed by atoms with van der Waals surface area (Å²) in [6, 6.07) is -0.697. The summed E-state index contributed by atoms with van der Waals surface area (Å²) in [6.45, 7) is 0.601. The maximum Gasteiger partial charge on any atom is 0.244 e. The topological polar surface area (TPSA) is 93.1 Å². The number of sulfonamides is 1. The highest BCUT2D eigenvalue weighted by molar-refractivity contribution is 7.89. The van der Waals surface area contributed by atoms with Crippen molar-refractivity contribution in [2.45, 2.75) is 30.2 Å². The van der Waals surface area contributed by atoms with E-state index in [1.54, 1.807) is 7.05 Å². The van der Waals surface area contributed by atoms with Crippen LogP contribution in [-0.2, 0) is 21.9 Å². The Balaban J connectivity index is 2.14. The van der Waals surface area contributed by atoms with Crippen molar-refractivity contribution in [3.05, 3.63) is 12.4 Å². The summed E-state index contributed by atoms with van der Waals surface area (Å²) in [4.78, 5) is 11.7. The molecule has 1 fully saturated rings. The molecule has 0 aliphatic carbocycles. The summed E-state index contributed by atoms with van der Waals surface area (Å²) >= 11 is 0. The quantitative estimate of drug-likeness (QED) is 0.766. The minimum Gasteiger partial charge on any atom is -0.355 e. The summed E-state index contributed by atoms with van der Waals surface area (Å²) in [5.74, 6) is -0.264. The van der Waals surface area contributed by atoms with E-state index in [4.69, 9.17) is 0 Å². The number of carbonyl (C=O) groups excluding carboxylic acids is 1. The Bertz CT molecular complexity index is 537. The molecule has 100 valence electrons. The molecule has 2 N–H and O–H groups in total. The van der Waals surface area contributed by atoms with Gasteiger partial charge in [-0.25, -0.2) is 8.42 Å². The number of aryl methyl sites for hydroxylation is 1. The fourth-order valence-electron chi connectivity index (χ4n) is 1.84. The lowest BCUT2D eigenvalue weighted by Crippen LogP contribution is -2.45. The molecule has 8 heteroatoms. The molecule has 1 aromatic rings. The number of amides is 1. The minimum absolute atomic E-state index is 0.0713. The van der Waals surface area contributed by atoms with Crippen molar-refractivity contribution in [1.82, 2.24) is 19.8 Å². The molecule has 1 atom stereocenters. The highest BCUT2D eigenvalue weighted by Gasteiger charge is 2.27. The molecule has 2 heterocycles. The Morgan fingerprint density at radius 2 is 2.28 bits per heavy atom. The van der Waals surface area contributed by atoms with Gasteiger partial charge in [0.15, 0.2) is 0 Å². The van der Waals surface area contributed by atoms with Crippen molar-refractivity contribution < 1.29 is 13.2 Å². The Hall–Kier alpha value is -1.41. The summed E-state index contributed by atoms with van der Waals surface area (Å²) < 4.78 is 27.9. The van der Waals surface area contributed by atoms with E-state index >= 15 is 0 Å². The second-order valence-corrected chi connectivity index (χ2v) is 6.02. The lowest BCUT2D eigenvalue weighted by Gasteiger charge is -2.14. The lowest BCUT2D eigenvalue weighted by atomic mass is 10.1. The summed E-state index contributed by atoms with van der Waals surface area (Å²) in [7, 11) is -2.05. The van der Waals surface area contributed by atoms with Gasteiger partial charge in [-0.3, -0.25) is 9.48 Å². The van der Waals surface area contributed by atoms with Gasteiger partial charge >= 0.3 is 0 Å². The van der Waals surface area contributed by atoms with Crippen molar-refractivity contribution in [3.63, 3.8) is 0 Å². The van der Waals surface area contributed by atoms with Crippen molar-refractivity contribution in [2.75, 3.05) is 6.54 Å². The molecule has 1 amide bonds. The molecule has 0 unspecified atom stereocenters. The monoisotopic (exact) mass is 272 g/mol. The lowest BCUT2D eigenvalue weighted by molar-refractivity contribution is -0.122. The van der Waals surface area contributed by atoms with E-state index in [9.17, 15) is 13.2 Å². The molecule has 1 saturated heterocycles. The van der Waals surface area contributed by atoms with E-state index in [1.807, 2.05) is 0 Å². The molecule has 1 aliphatic rings. The average Bonchev–Trinajstić information content (AvgIpc) is 2.65. The van der Waals surface area contributed by atoms with Gasteiger partial charge < -0.3 is 5.32 Å². The average molecular weight is 272 g/mol. The molecular formula is C10H16N4O3S. The van der Waals surface area contributed by atoms with E-state index in [0.717, 1.165) is 12.8 Å². The van der Waals surface area contributed by atoms with Crippen LogP contribution in [0.15, 0.2) is 17.3 Å². The van der Waals surface area contributed by atoms with Crippen LogP contribution in [0, 0.1) is 0 Å². The summed E-state index contributed by atoms with van der Waals surface area (Å²) in [5.41, 5.74) is 0. The number of nitrogens with one attached hydrogen (secondary N) is 2. The van der Waals surface area contributed by atoms with Crippen LogP contribution in [0.25, 0.3) is 0 Å². The molecule has 7 nitrogen and oxygen atoms in total. The molecule has 2 rings (SSSR count). The van der Waals surface area contributed by atoms with Gasteiger partial charge in [0.2, 0.25) is 15.9 Å². The molecule has 0 radical (unpaired) electrons. The molecule has 1 aromatic heterocycles. The van der Waals surface area contributed by atoms with E-state index < -0.39 is 16.1 Å². The van der Waals surface area contributed by atoms with Gasteiger partial charge in [0, 0.05) is 19.8 Å². The van der Waals surface area contributed by atoms with Crippen LogP contribution in [0.3, 0.4) is 0 Å². The van der Waals surface area contributed by atoms with Gasteiger partial charge in [0.1, 0.15) is 10.9 Å². The number of rotatable bonds is 3. The summed E-state index contributed by atoms with van der Waals surface area (Å²) in [5, 5.41) is 6.50. The number of aromatic nitrogens is 2.